The summed E-state index contributed by atoms with van der Waals surface area (Å²) < 4.78 is 0. The first-order valence-corrected chi connectivity index (χ1v) is 8.83. The van der Waals surface area contributed by atoms with Gasteiger partial charge in [-0.3, -0.25) is 4.79 Å². The van der Waals surface area contributed by atoms with Crippen molar-refractivity contribution in [3.63, 3.8) is 0 Å². The zero-order valence-electron chi connectivity index (χ0n) is 14.1. The van der Waals surface area contributed by atoms with Gasteiger partial charge in [-0.1, -0.05) is 30.3 Å². The Bertz CT molecular complexity index is 872. The molecular formula is C20H20N2OS. The first kappa shape index (κ1) is 16.5. The van der Waals surface area contributed by atoms with E-state index in [0.717, 1.165) is 16.3 Å². The number of hydrogen-bond donors (Lipinski definition) is 0. The summed E-state index contributed by atoms with van der Waals surface area (Å²) in [4.78, 5) is 18.2. The van der Waals surface area contributed by atoms with Crippen LogP contribution in [0.25, 0.3) is 10.9 Å². The van der Waals surface area contributed by atoms with E-state index < -0.39 is 0 Å². The number of aryl methyl sites for hydroxylation is 1. The highest BCUT2D eigenvalue weighted by Crippen LogP contribution is 2.26. The lowest BCUT2D eigenvalue weighted by atomic mass is 10.1. The van der Waals surface area contributed by atoms with Gasteiger partial charge in [0.1, 0.15) is 0 Å². The molecule has 0 atom stereocenters. The summed E-state index contributed by atoms with van der Waals surface area (Å²) in [5.41, 5.74) is 4.18. The van der Waals surface area contributed by atoms with Crippen molar-refractivity contribution in [2.24, 2.45) is 0 Å². The predicted molar refractivity (Wildman–Crippen MR) is 101 cm³/mol. The molecule has 0 saturated heterocycles. The molecule has 0 spiro atoms. The molecule has 1 aromatic heterocycles. The normalized spacial score (nSPS) is 10.8. The Morgan fingerprint density at radius 1 is 1.08 bits per heavy atom. The number of aromatic nitrogens is 1. The summed E-state index contributed by atoms with van der Waals surface area (Å²) in [6, 6.07) is 18.1. The molecule has 0 aliphatic heterocycles. The van der Waals surface area contributed by atoms with E-state index in [9.17, 15) is 4.79 Å². The fourth-order valence-electron chi connectivity index (χ4n) is 2.55. The molecule has 24 heavy (non-hydrogen) atoms. The molecule has 1 amide bonds. The number of pyridine rings is 1. The predicted octanol–water partition coefficient (Wildman–Crippen LogP) is 4.54. The fourth-order valence-corrected chi connectivity index (χ4v) is 3.48. The molecule has 2 aromatic carbocycles. The molecule has 3 rings (SSSR count). The summed E-state index contributed by atoms with van der Waals surface area (Å²) in [5, 5.41) is 2.23. The van der Waals surface area contributed by atoms with Crippen LogP contribution < -0.4 is 0 Å². The van der Waals surface area contributed by atoms with Crippen LogP contribution in [0.4, 0.5) is 0 Å². The highest BCUT2D eigenvalue weighted by atomic mass is 32.2. The standard InChI is InChI=1S/C20H20N2OS/c1-14-12-19(21-18-7-5-4-6-17(14)18)24-13-15-8-10-16(11-9-15)20(23)22(2)3/h4-12H,13H2,1-3H3. The minimum atomic E-state index is 0.0287. The van der Waals surface area contributed by atoms with Crippen LogP contribution in [0, 0.1) is 6.92 Å². The second kappa shape index (κ2) is 7.05. The van der Waals surface area contributed by atoms with E-state index in [0.29, 0.717) is 5.56 Å². The van der Waals surface area contributed by atoms with E-state index in [-0.39, 0.29) is 5.91 Å². The lowest BCUT2D eigenvalue weighted by Crippen LogP contribution is -2.21. The van der Waals surface area contributed by atoms with Crippen molar-refractivity contribution in [2.45, 2.75) is 17.7 Å². The maximum absolute atomic E-state index is 11.9. The molecule has 122 valence electrons. The van der Waals surface area contributed by atoms with Gasteiger partial charge in [-0.25, -0.2) is 4.98 Å². The van der Waals surface area contributed by atoms with Gasteiger partial charge in [0.15, 0.2) is 0 Å². The quantitative estimate of drug-likeness (QED) is 0.656. The van der Waals surface area contributed by atoms with E-state index in [2.05, 4.69) is 19.1 Å². The van der Waals surface area contributed by atoms with E-state index >= 15 is 0 Å². The number of hydrogen-bond acceptors (Lipinski definition) is 3. The van der Waals surface area contributed by atoms with E-state index in [1.165, 1.54) is 16.5 Å². The van der Waals surface area contributed by atoms with Gasteiger partial charge in [0, 0.05) is 30.8 Å². The number of amides is 1. The highest BCUT2D eigenvalue weighted by Gasteiger charge is 2.08. The topological polar surface area (TPSA) is 33.2 Å². The zero-order valence-corrected chi connectivity index (χ0v) is 14.9. The van der Waals surface area contributed by atoms with Crippen LogP contribution in [0.1, 0.15) is 21.5 Å². The average Bonchev–Trinajstić information content (AvgIpc) is 2.60. The molecule has 3 aromatic rings. The number of fused-ring (bicyclic) bond motifs is 1. The second-order valence-corrected chi connectivity index (χ2v) is 6.98. The number of thioether (sulfide) groups is 1. The zero-order chi connectivity index (χ0) is 17.1. The summed E-state index contributed by atoms with van der Waals surface area (Å²) in [6.07, 6.45) is 0. The van der Waals surface area contributed by atoms with E-state index in [4.69, 9.17) is 4.98 Å². The Balaban J connectivity index is 1.73. The van der Waals surface area contributed by atoms with Gasteiger partial charge >= 0.3 is 0 Å². The van der Waals surface area contributed by atoms with Crippen LogP contribution in [0.2, 0.25) is 0 Å². The molecule has 0 unspecified atom stereocenters. The Morgan fingerprint density at radius 3 is 2.50 bits per heavy atom. The Labute approximate surface area is 146 Å². The summed E-state index contributed by atoms with van der Waals surface area (Å²) in [7, 11) is 3.53. The molecule has 0 radical (unpaired) electrons. The van der Waals surface area contributed by atoms with Crippen LogP contribution in [-0.2, 0) is 5.75 Å². The molecule has 0 aliphatic rings. The first-order valence-electron chi connectivity index (χ1n) is 7.84. The summed E-state index contributed by atoms with van der Waals surface area (Å²) in [5.74, 6) is 0.863. The Morgan fingerprint density at radius 2 is 1.79 bits per heavy atom. The van der Waals surface area contributed by atoms with Crippen LogP contribution in [0.5, 0.6) is 0 Å². The van der Waals surface area contributed by atoms with Crippen LogP contribution in [-0.4, -0.2) is 29.9 Å². The van der Waals surface area contributed by atoms with Crippen molar-refractivity contribution in [2.75, 3.05) is 14.1 Å². The number of benzene rings is 2. The van der Waals surface area contributed by atoms with Crippen molar-refractivity contribution in [3.05, 3.63) is 71.3 Å². The van der Waals surface area contributed by atoms with Gasteiger partial charge in [-0.2, -0.15) is 0 Å². The van der Waals surface area contributed by atoms with Crippen molar-refractivity contribution < 1.29 is 4.79 Å². The molecule has 0 bridgehead atoms. The second-order valence-electron chi connectivity index (χ2n) is 5.98. The Hall–Kier alpha value is -2.33. The maximum atomic E-state index is 11.9. The van der Waals surface area contributed by atoms with Crippen LogP contribution >= 0.6 is 11.8 Å². The number of nitrogens with zero attached hydrogens (tertiary/aromatic N) is 2. The number of carbonyl (C=O) groups is 1. The monoisotopic (exact) mass is 336 g/mol. The van der Waals surface area contributed by atoms with Crippen molar-refractivity contribution in [1.29, 1.82) is 0 Å². The molecule has 1 heterocycles. The van der Waals surface area contributed by atoms with Crippen LogP contribution in [0.15, 0.2) is 59.6 Å². The third kappa shape index (κ3) is 3.60. The molecule has 0 aliphatic carbocycles. The molecule has 0 saturated carbocycles. The number of carbonyl (C=O) groups excluding carboxylic acids is 1. The lowest BCUT2D eigenvalue weighted by molar-refractivity contribution is 0.0827. The number of rotatable bonds is 4. The summed E-state index contributed by atoms with van der Waals surface area (Å²) >= 11 is 1.72. The van der Waals surface area contributed by atoms with Gasteiger partial charge in [-0.05, 0) is 42.3 Å². The third-order valence-electron chi connectivity index (χ3n) is 3.89. The Kier molecular flexibility index (Phi) is 4.86. The minimum absolute atomic E-state index is 0.0287. The lowest BCUT2D eigenvalue weighted by Gasteiger charge is -2.10. The van der Waals surface area contributed by atoms with E-state index in [1.807, 2.05) is 42.5 Å². The minimum Gasteiger partial charge on any atom is -0.345 e. The van der Waals surface area contributed by atoms with Gasteiger partial charge in [0.2, 0.25) is 0 Å². The van der Waals surface area contributed by atoms with Crippen molar-refractivity contribution >= 4 is 28.6 Å². The fraction of sp³-hybridized carbons (Fsp3) is 0.200. The third-order valence-corrected chi connectivity index (χ3v) is 4.88. The molecule has 3 nitrogen and oxygen atoms in total. The van der Waals surface area contributed by atoms with E-state index in [1.54, 1.807) is 30.8 Å². The molecule has 0 fully saturated rings. The van der Waals surface area contributed by atoms with Gasteiger partial charge in [-0.15, -0.1) is 11.8 Å². The van der Waals surface area contributed by atoms with Gasteiger partial charge < -0.3 is 4.90 Å². The van der Waals surface area contributed by atoms with Crippen molar-refractivity contribution in [1.82, 2.24) is 9.88 Å². The summed E-state index contributed by atoms with van der Waals surface area (Å²) in [6.45, 7) is 2.12. The van der Waals surface area contributed by atoms with Crippen LogP contribution in [0.3, 0.4) is 0 Å². The molecule has 0 N–H and O–H groups in total. The smallest absolute Gasteiger partial charge is 0.253 e. The number of para-hydroxylation sites is 1. The first-order chi connectivity index (χ1) is 11.5. The highest BCUT2D eigenvalue weighted by molar-refractivity contribution is 7.98. The van der Waals surface area contributed by atoms with Gasteiger partial charge in [0.05, 0.1) is 10.5 Å². The van der Waals surface area contributed by atoms with Crippen molar-refractivity contribution in [3.8, 4) is 0 Å². The van der Waals surface area contributed by atoms with Gasteiger partial charge in [0.25, 0.3) is 5.91 Å². The molecular weight excluding hydrogens is 316 g/mol. The molecule has 4 heteroatoms. The maximum Gasteiger partial charge on any atom is 0.253 e. The largest absolute Gasteiger partial charge is 0.345 e. The SMILES string of the molecule is Cc1cc(SCc2ccc(C(=O)N(C)C)cc2)nc2ccccc12. The average molecular weight is 336 g/mol.